The Kier molecular flexibility index (Phi) is 2.49. The van der Waals surface area contributed by atoms with Crippen molar-refractivity contribution < 1.29 is 0 Å². The molecule has 4 heteroatoms. The predicted molar refractivity (Wildman–Crippen MR) is 60.1 cm³/mol. The molecular weight excluding hydrogens is 188 g/mol. The maximum absolute atomic E-state index is 5.50. The van der Waals surface area contributed by atoms with Gasteiger partial charge in [-0.15, -0.1) is 0 Å². The lowest BCUT2D eigenvalue weighted by Crippen LogP contribution is -1.95. The molecule has 0 aliphatic carbocycles. The molecule has 0 fully saturated rings. The summed E-state index contributed by atoms with van der Waals surface area (Å²) in [5, 5.41) is 0. The molecule has 15 heavy (non-hydrogen) atoms. The molecule has 2 aromatic rings. The van der Waals surface area contributed by atoms with E-state index in [1.807, 2.05) is 12.1 Å². The van der Waals surface area contributed by atoms with Crippen molar-refractivity contribution in [3.05, 3.63) is 47.8 Å². The van der Waals surface area contributed by atoms with E-state index in [0.29, 0.717) is 11.6 Å². The van der Waals surface area contributed by atoms with Crippen LogP contribution in [0.2, 0.25) is 0 Å². The van der Waals surface area contributed by atoms with Crippen LogP contribution in [0.5, 0.6) is 0 Å². The van der Waals surface area contributed by atoms with E-state index in [4.69, 9.17) is 11.5 Å². The molecule has 0 aromatic carbocycles. The lowest BCUT2D eigenvalue weighted by Gasteiger charge is -2.01. The average molecular weight is 200 g/mol. The summed E-state index contributed by atoms with van der Waals surface area (Å²) < 4.78 is 0. The highest BCUT2D eigenvalue weighted by molar-refractivity contribution is 5.34. The molecule has 0 bridgehead atoms. The van der Waals surface area contributed by atoms with Crippen LogP contribution in [0.3, 0.4) is 0 Å². The first-order valence-electron chi connectivity index (χ1n) is 4.65. The molecule has 0 atom stereocenters. The number of pyridine rings is 2. The normalized spacial score (nSPS) is 10.1. The lowest BCUT2D eigenvalue weighted by atomic mass is 10.1. The van der Waals surface area contributed by atoms with Crippen LogP contribution in [0.1, 0.15) is 11.1 Å². The Labute approximate surface area is 88.0 Å². The quantitative estimate of drug-likeness (QED) is 0.764. The first-order valence-corrected chi connectivity index (χ1v) is 4.65. The molecule has 0 aliphatic heterocycles. The van der Waals surface area contributed by atoms with Gasteiger partial charge in [0.2, 0.25) is 0 Å². The molecular formula is C11H12N4. The van der Waals surface area contributed by atoms with E-state index in [1.54, 1.807) is 24.5 Å². The molecule has 2 heterocycles. The lowest BCUT2D eigenvalue weighted by molar-refractivity contribution is 1.12. The fourth-order valence-electron chi connectivity index (χ4n) is 1.32. The zero-order valence-corrected chi connectivity index (χ0v) is 8.22. The summed E-state index contributed by atoms with van der Waals surface area (Å²) in [4.78, 5) is 8.05. The molecule has 0 radical (unpaired) electrons. The van der Waals surface area contributed by atoms with Gasteiger partial charge in [-0.2, -0.15) is 0 Å². The molecule has 0 amide bonds. The number of nitrogens with zero attached hydrogens (tertiary/aromatic N) is 2. The maximum Gasteiger partial charge on any atom is 0.123 e. The number of hydrogen-bond acceptors (Lipinski definition) is 4. The first kappa shape index (κ1) is 9.45. The highest BCUT2D eigenvalue weighted by Gasteiger charge is 1.97. The zero-order valence-electron chi connectivity index (χ0n) is 8.22. The number of nitrogen functional groups attached to an aromatic ring is 2. The largest absolute Gasteiger partial charge is 0.384 e. The molecule has 0 saturated heterocycles. The van der Waals surface area contributed by atoms with Gasteiger partial charge < -0.3 is 11.5 Å². The number of rotatable bonds is 2. The molecule has 0 saturated carbocycles. The van der Waals surface area contributed by atoms with Crippen LogP contribution in [0.4, 0.5) is 11.6 Å². The summed E-state index contributed by atoms with van der Waals surface area (Å²) in [6, 6.07) is 7.50. The van der Waals surface area contributed by atoms with Gasteiger partial charge in [0, 0.05) is 18.8 Å². The predicted octanol–water partition coefficient (Wildman–Crippen LogP) is 1.23. The molecule has 0 aliphatic rings. The van der Waals surface area contributed by atoms with Crippen LogP contribution in [-0.2, 0) is 6.42 Å². The van der Waals surface area contributed by atoms with E-state index in [9.17, 15) is 0 Å². The summed E-state index contributed by atoms with van der Waals surface area (Å²) in [5.41, 5.74) is 13.2. The molecule has 2 rings (SSSR count). The second kappa shape index (κ2) is 3.96. The van der Waals surface area contributed by atoms with Crippen molar-refractivity contribution in [3.63, 3.8) is 0 Å². The fraction of sp³-hybridized carbons (Fsp3) is 0.0909. The van der Waals surface area contributed by atoms with Crippen LogP contribution in [0, 0.1) is 0 Å². The van der Waals surface area contributed by atoms with E-state index in [1.165, 1.54) is 0 Å². The van der Waals surface area contributed by atoms with Gasteiger partial charge in [-0.05, 0) is 23.3 Å². The second-order valence-corrected chi connectivity index (χ2v) is 3.36. The summed E-state index contributed by atoms with van der Waals surface area (Å²) in [6.45, 7) is 0. The van der Waals surface area contributed by atoms with Crippen molar-refractivity contribution in [2.45, 2.75) is 6.42 Å². The van der Waals surface area contributed by atoms with E-state index in [-0.39, 0.29) is 0 Å². The highest BCUT2D eigenvalue weighted by atomic mass is 14.8. The van der Waals surface area contributed by atoms with Crippen molar-refractivity contribution in [3.8, 4) is 0 Å². The van der Waals surface area contributed by atoms with Gasteiger partial charge in [0.1, 0.15) is 11.6 Å². The van der Waals surface area contributed by atoms with Crippen LogP contribution in [0.25, 0.3) is 0 Å². The minimum Gasteiger partial charge on any atom is -0.384 e. The van der Waals surface area contributed by atoms with Crippen molar-refractivity contribution >= 4 is 11.6 Å². The van der Waals surface area contributed by atoms with Crippen LogP contribution >= 0.6 is 0 Å². The Morgan fingerprint density at radius 3 is 1.60 bits per heavy atom. The number of hydrogen-bond donors (Lipinski definition) is 2. The number of aromatic nitrogens is 2. The van der Waals surface area contributed by atoms with Crippen LogP contribution < -0.4 is 11.5 Å². The van der Waals surface area contributed by atoms with E-state index in [0.717, 1.165) is 17.5 Å². The Bertz CT molecular complexity index is 390. The molecule has 0 unspecified atom stereocenters. The Morgan fingerprint density at radius 2 is 1.27 bits per heavy atom. The second-order valence-electron chi connectivity index (χ2n) is 3.36. The minimum absolute atomic E-state index is 0.536. The van der Waals surface area contributed by atoms with Crippen molar-refractivity contribution in [1.82, 2.24) is 9.97 Å². The van der Waals surface area contributed by atoms with Gasteiger partial charge in [0.25, 0.3) is 0 Å². The van der Waals surface area contributed by atoms with Gasteiger partial charge in [-0.25, -0.2) is 9.97 Å². The Hall–Kier alpha value is -2.10. The molecule has 76 valence electrons. The standard InChI is InChI=1S/C11H12N4/c12-10-3-1-8(6-14-10)5-9-2-4-11(13)15-7-9/h1-4,6-7H,5H2,(H2,12,14)(H2,13,15). The Morgan fingerprint density at radius 1 is 0.800 bits per heavy atom. The van der Waals surface area contributed by atoms with E-state index >= 15 is 0 Å². The SMILES string of the molecule is Nc1ccc(Cc2ccc(N)nc2)cn1. The van der Waals surface area contributed by atoms with Gasteiger partial charge >= 0.3 is 0 Å². The van der Waals surface area contributed by atoms with E-state index < -0.39 is 0 Å². The van der Waals surface area contributed by atoms with Crippen LogP contribution in [-0.4, -0.2) is 9.97 Å². The summed E-state index contributed by atoms with van der Waals surface area (Å²) in [7, 11) is 0. The van der Waals surface area contributed by atoms with Gasteiger partial charge in [-0.1, -0.05) is 12.1 Å². The molecule has 0 spiro atoms. The first-order chi connectivity index (χ1) is 7.24. The zero-order chi connectivity index (χ0) is 10.7. The third-order valence-electron chi connectivity index (χ3n) is 2.10. The van der Waals surface area contributed by atoms with Crippen LogP contribution in [0.15, 0.2) is 36.7 Å². The molecule has 4 N–H and O–H groups in total. The number of nitrogens with two attached hydrogens (primary N) is 2. The Balaban J connectivity index is 2.15. The third-order valence-corrected chi connectivity index (χ3v) is 2.10. The monoisotopic (exact) mass is 200 g/mol. The van der Waals surface area contributed by atoms with Crippen molar-refractivity contribution in [2.24, 2.45) is 0 Å². The summed E-state index contributed by atoms with van der Waals surface area (Å²) in [6.07, 6.45) is 4.33. The van der Waals surface area contributed by atoms with Gasteiger partial charge in [0.05, 0.1) is 0 Å². The topological polar surface area (TPSA) is 77.8 Å². The summed E-state index contributed by atoms with van der Waals surface area (Å²) >= 11 is 0. The van der Waals surface area contributed by atoms with Gasteiger partial charge in [0.15, 0.2) is 0 Å². The highest BCUT2D eigenvalue weighted by Crippen LogP contribution is 2.09. The van der Waals surface area contributed by atoms with Crippen molar-refractivity contribution in [2.75, 3.05) is 11.5 Å². The number of anilines is 2. The molecule has 2 aromatic heterocycles. The fourth-order valence-corrected chi connectivity index (χ4v) is 1.32. The minimum atomic E-state index is 0.536. The third kappa shape index (κ3) is 2.43. The average Bonchev–Trinajstić information content (AvgIpc) is 2.25. The molecule has 4 nitrogen and oxygen atoms in total. The smallest absolute Gasteiger partial charge is 0.123 e. The maximum atomic E-state index is 5.50. The van der Waals surface area contributed by atoms with Gasteiger partial charge in [-0.3, -0.25) is 0 Å². The summed E-state index contributed by atoms with van der Waals surface area (Å²) in [5.74, 6) is 1.07. The van der Waals surface area contributed by atoms with Crippen molar-refractivity contribution in [1.29, 1.82) is 0 Å². The van der Waals surface area contributed by atoms with E-state index in [2.05, 4.69) is 9.97 Å².